The molecule has 0 saturated carbocycles. The van der Waals surface area contributed by atoms with E-state index in [9.17, 15) is 9.59 Å². The van der Waals surface area contributed by atoms with Crippen LogP contribution in [0, 0.1) is 0 Å². The first-order chi connectivity index (χ1) is 16.1. The van der Waals surface area contributed by atoms with Crippen LogP contribution in [0.2, 0.25) is 0 Å². The zero-order chi connectivity index (χ0) is 23.7. The molecule has 2 rings (SSSR count). The SMILES string of the molecule is CCOCCOc1ccccc1NC(=O)CCCC(=O)Nc1ccccc1OCCOCC. The number of hydrogen-bond acceptors (Lipinski definition) is 6. The highest BCUT2D eigenvalue weighted by Crippen LogP contribution is 2.25. The molecule has 0 saturated heterocycles. The number of amides is 2. The summed E-state index contributed by atoms with van der Waals surface area (Å²) in [4.78, 5) is 24.7. The van der Waals surface area contributed by atoms with Crippen molar-refractivity contribution < 1.29 is 28.5 Å². The second-order valence-electron chi connectivity index (χ2n) is 7.03. The van der Waals surface area contributed by atoms with Crippen molar-refractivity contribution in [2.45, 2.75) is 33.1 Å². The molecule has 0 aliphatic heterocycles. The third-order valence-electron chi connectivity index (χ3n) is 4.51. The van der Waals surface area contributed by atoms with Gasteiger partial charge in [0.1, 0.15) is 24.7 Å². The maximum atomic E-state index is 12.4. The van der Waals surface area contributed by atoms with Crippen molar-refractivity contribution in [2.75, 3.05) is 50.3 Å². The second kappa shape index (κ2) is 15.7. The van der Waals surface area contributed by atoms with E-state index in [4.69, 9.17) is 18.9 Å². The highest BCUT2D eigenvalue weighted by Gasteiger charge is 2.11. The van der Waals surface area contributed by atoms with Crippen LogP contribution in [0.25, 0.3) is 0 Å². The summed E-state index contributed by atoms with van der Waals surface area (Å²) in [5, 5.41) is 5.70. The molecule has 0 aliphatic rings. The van der Waals surface area contributed by atoms with Gasteiger partial charge in [-0.15, -0.1) is 0 Å². The van der Waals surface area contributed by atoms with Crippen molar-refractivity contribution in [3.63, 3.8) is 0 Å². The number of carbonyl (C=O) groups excluding carboxylic acids is 2. The monoisotopic (exact) mass is 458 g/mol. The van der Waals surface area contributed by atoms with Gasteiger partial charge in [-0.3, -0.25) is 9.59 Å². The molecular weight excluding hydrogens is 424 g/mol. The van der Waals surface area contributed by atoms with E-state index in [0.717, 1.165) is 0 Å². The molecule has 2 aromatic carbocycles. The Morgan fingerprint density at radius 3 is 1.52 bits per heavy atom. The Morgan fingerprint density at radius 2 is 1.09 bits per heavy atom. The summed E-state index contributed by atoms with van der Waals surface area (Å²) < 4.78 is 21.9. The molecule has 33 heavy (non-hydrogen) atoms. The lowest BCUT2D eigenvalue weighted by Crippen LogP contribution is -2.16. The van der Waals surface area contributed by atoms with E-state index in [1.54, 1.807) is 24.3 Å². The number of nitrogens with one attached hydrogen (secondary N) is 2. The van der Waals surface area contributed by atoms with Crippen molar-refractivity contribution in [1.29, 1.82) is 0 Å². The molecular formula is C25H34N2O6. The van der Waals surface area contributed by atoms with Crippen LogP contribution in [0.3, 0.4) is 0 Å². The van der Waals surface area contributed by atoms with E-state index in [1.165, 1.54) is 0 Å². The molecule has 180 valence electrons. The largest absolute Gasteiger partial charge is 0.489 e. The maximum Gasteiger partial charge on any atom is 0.224 e. The van der Waals surface area contributed by atoms with Crippen LogP contribution in [-0.2, 0) is 19.1 Å². The quantitative estimate of drug-likeness (QED) is 0.365. The Balaban J connectivity index is 1.75. The fourth-order valence-electron chi connectivity index (χ4n) is 2.94. The second-order valence-corrected chi connectivity index (χ2v) is 7.03. The lowest BCUT2D eigenvalue weighted by Gasteiger charge is -2.13. The summed E-state index contributed by atoms with van der Waals surface area (Å²) in [6.45, 7) is 6.86. The van der Waals surface area contributed by atoms with Crippen molar-refractivity contribution in [3.8, 4) is 11.5 Å². The molecule has 8 nitrogen and oxygen atoms in total. The summed E-state index contributed by atoms with van der Waals surface area (Å²) in [5.41, 5.74) is 1.20. The van der Waals surface area contributed by atoms with E-state index >= 15 is 0 Å². The molecule has 0 radical (unpaired) electrons. The lowest BCUT2D eigenvalue weighted by atomic mass is 10.2. The van der Waals surface area contributed by atoms with Gasteiger partial charge in [-0.1, -0.05) is 24.3 Å². The Labute approximate surface area is 195 Å². The third-order valence-corrected chi connectivity index (χ3v) is 4.51. The number of benzene rings is 2. The topological polar surface area (TPSA) is 95.1 Å². The van der Waals surface area contributed by atoms with Crippen LogP contribution in [0.5, 0.6) is 11.5 Å². The van der Waals surface area contributed by atoms with Gasteiger partial charge in [-0.25, -0.2) is 0 Å². The van der Waals surface area contributed by atoms with Crippen molar-refractivity contribution in [2.24, 2.45) is 0 Å². The van der Waals surface area contributed by atoms with Gasteiger partial charge in [0, 0.05) is 26.1 Å². The van der Waals surface area contributed by atoms with Crippen molar-refractivity contribution in [3.05, 3.63) is 48.5 Å². The first-order valence-corrected chi connectivity index (χ1v) is 11.3. The predicted molar refractivity (Wildman–Crippen MR) is 128 cm³/mol. The zero-order valence-corrected chi connectivity index (χ0v) is 19.4. The lowest BCUT2D eigenvalue weighted by molar-refractivity contribution is -0.117. The summed E-state index contributed by atoms with van der Waals surface area (Å²) in [6, 6.07) is 14.5. The molecule has 2 aromatic rings. The average Bonchev–Trinajstić information content (AvgIpc) is 2.81. The number of rotatable bonds is 16. The predicted octanol–water partition coefficient (Wildman–Crippen LogP) is 4.26. The van der Waals surface area contributed by atoms with Gasteiger partial charge in [0.05, 0.1) is 24.6 Å². The fourth-order valence-corrected chi connectivity index (χ4v) is 2.94. The number of carbonyl (C=O) groups is 2. The molecule has 0 spiro atoms. The van der Waals surface area contributed by atoms with E-state index in [-0.39, 0.29) is 24.7 Å². The van der Waals surface area contributed by atoms with Gasteiger partial charge < -0.3 is 29.6 Å². The van der Waals surface area contributed by atoms with E-state index in [0.29, 0.717) is 68.9 Å². The minimum atomic E-state index is -0.177. The van der Waals surface area contributed by atoms with Crippen LogP contribution in [0.1, 0.15) is 33.1 Å². The molecule has 0 heterocycles. The normalized spacial score (nSPS) is 10.5. The summed E-state index contributed by atoms with van der Waals surface area (Å²) in [7, 11) is 0. The molecule has 2 amide bonds. The Hall–Kier alpha value is -3.10. The highest BCUT2D eigenvalue weighted by atomic mass is 16.5. The molecule has 0 fully saturated rings. The van der Waals surface area contributed by atoms with Crippen LogP contribution in [0.15, 0.2) is 48.5 Å². The number of para-hydroxylation sites is 4. The van der Waals surface area contributed by atoms with Gasteiger partial charge >= 0.3 is 0 Å². The molecule has 2 N–H and O–H groups in total. The van der Waals surface area contributed by atoms with Gasteiger partial charge in [0.25, 0.3) is 0 Å². The number of anilines is 2. The van der Waals surface area contributed by atoms with E-state index < -0.39 is 0 Å². The summed E-state index contributed by atoms with van der Waals surface area (Å²) >= 11 is 0. The van der Waals surface area contributed by atoms with Gasteiger partial charge in [-0.2, -0.15) is 0 Å². The Morgan fingerprint density at radius 1 is 0.667 bits per heavy atom. The van der Waals surface area contributed by atoms with Crippen molar-refractivity contribution in [1.82, 2.24) is 0 Å². The minimum absolute atomic E-state index is 0.177. The van der Waals surface area contributed by atoms with Crippen LogP contribution < -0.4 is 20.1 Å². The molecule has 0 aromatic heterocycles. The van der Waals surface area contributed by atoms with Gasteiger partial charge in [0.15, 0.2) is 0 Å². The number of ether oxygens (including phenoxy) is 4. The van der Waals surface area contributed by atoms with Crippen LogP contribution in [0.4, 0.5) is 11.4 Å². The summed E-state index contributed by atoms with van der Waals surface area (Å²) in [6.07, 6.45) is 0.846. The molecule has 0 unspecified atom stereocenters. The third kappa shape index (κ3) is 10.4. The van der Waals surface area contributed by atoms with E-state index in [2.05, 4.69) is 10.6 Å². The van der Waals surface area contributed by atoms with Crippen LogP contribution >= 0.6 is 0 Å². The number of hydrogen-bond donors (Lipinski definition) is 2. The first-order valence-electron chi connectivity index (χ1n) is 11.3. The minimum Gasteiger partial charge on any atom is -0.489 e. The standard InChI is InChI=1S/C25H34N2O6/c1-3-30-16-18-32-22-12-7-5-10-20(22)26-24(28)14-9-15-25(29)27-21-11-6-8-13-23(21)33-19-17-31-4-2/h5-8,10-13H,3-4,9,14-19H2,1-2H3,(H,26,28)(H,27,29). The molecule has 0 aliphatic carbocycles. The molecule has 0 bridgehead atoms. The fraction of sp³-hybridized carbons (Fsp3) is 0.440. The Bertz CT molecular complexity index is 789. The summed E-state index contributed by atoms with van der Waals surface area (Å²) in [5.74, 6) is 0.820. The smallest absolute Gasteiger partial charge is 0.224 e. The maximum absolute atomic E-state index is 12.4. The highest BCUT2D eigenvalue weighted by molar-refractivity contribution is 5.94. The average molecular weight is 459 g/mol. The zero-order valence-electron chi connectivity index (χ0n) is 19.4. The molecule has 8 heteroatoms. The van der Waals surface area contributed by atoms with Gasteiger partial charge in [-0.05, 0) is 44.5 Å². The Kier molecular flexibility index (Phi) is 12.4. The first kappa shape index (κ1) is 26.2. The molecule has 0 atom stereocenters. The van der Waals surface area contributed by atoms with Crippen molar-refractivity contribution >= 4 is 23.2 Å². The van der Waals surface area contributed by atoms with Crippen LogP contribution in [-0.4, -0.2) is 51.5 Å². The van der Waals surface area contributed by atoms with E-state index in [1.807, 2.05) is 38.1 Å². The van der Waals surface area contributed by atoms with Gasteiger partial charge in [0.2, 0.25) is 11.8 Å².